The molecule has 244 valence electrons. The second-order valence-electron chi connectivity index (χ2n) is 13.3. The first kappa shape index (κ1) is 42.1. The summed E-state index contributed by atoms with van der Waals surface area (Å²) < 4.78 is 0. The van der Waals surface area contributed by atoms with E-state index in [0.717, 1.165) is 0 Å². The molecule has 0 aliphatic carbocycles. The average molecular weight is 565 g/mol. The Morgan fingerprint density at radius 2 is 0.200 bits per heavy atom. The summed E-state index contributed by atoms with van der Waals surface area (Å²) in [5, 5.41) is 0. The minimum Gasteiger partial charge on any atom is -0.0654 e. The molecule has 0 aliphatic heterocycles. The van der Waals surface area contributed by atoms with E-state index in [1.165, 1.54) is 231 Å². The van der Waals surface area contributed by atoms with Crippen molar-refractivity contribution < 1.29 is 0 Å². The minimum atomic E-state index is 1.37. The summed E-state index contributed by atoms with van der Waals surface area (Å²) in [4.78, 5) is 0. The Morgan fingerprint density at radius 1 is 0.125 bits per heavy atom. The highest BCUT2D eigenvalue weighted by Gasteiger charge is 1.96. The second-order valence-corrected chi connectivity index (χ2v) is 13.3. The van der Waals surface area contributed by atoms with Crippen LogP contribution in [0.15, 0.2) is 0 Å². The Bertz CT molecular complexity index is 336. The predicted octanol–water partition coefficient (Wildman–Crippen LogP) is 16.1. The van der Waals surface area contributed by atoms with Gasteiger partial charge in [-0.1, -0.05) is 259 Å². The van der Waals surface area contributed by atoms with Crippen molar-refractivity contribution in [2.45, 2.75) is 259 Å². The molecular formula is C40H84. The summed E-state index contributed by atoms with van der Waals surface area (Å²) in [5.41, 5.74) is 0. The van der Waals surface area contributed by atoms with Crippen molar-refractivity contribution in [3.8, 4) is 0 Å². The van der Waals surface area contributed by atoms with Crippen LogP contribution in [0.2, 0.25) is 0 Å². The van der Waals surface area contributed by atoms with E-state index >= 15 is 0 Å². The predicted molar refractivity (Wildman–Crippen MR) is 189 cm³/mol. The molecule has 0 aromatic rings. The summed E-state index contributed by atoms with van der Waals surface area (Å²) in [6.07, 6.45) is 52.8. The van der Waals surface area contributed by atoms with Crippen LogP contribution in [-0.2, 0) is 0 Å². The highest BCUT2D eigenvalue weighted by molar-refractivity contribution is 4.51. The first-order chi connectivity index (χ1) is 19.8. The van der Waals surface area contributed by atoms with Gasteiger partial charge < -0.3 is 0 Å². The molecule has 0 saturated carbocycles. The highest BCUT2D eigenvalue weighted by Crippen LogP contribution is 2.15. The third-order valence-electron chi connectivity index (χ3n) is 8.91. The minimum absolute atomic E-state index is 1.37. The molecule has 0 atom stereocenters. The Balaban J connectivity index is 0. The Morgan fingerprint density at radius 3 is 0.275 bits per heavy atom. The Kier molecular flexibility index (Phi) is 45.8. The van der Waals surface area contributed by atoms with Crippen LogP contribution < -0.4 is 0 Å². The van der Waals surface area contributed by atoms with Crippen molar-refractivity contribution in [1.29, 1.82) is 0 Å². The van der Waals surface area contributed by atoms with E-state index in [4.69, 9.17) is 0 Å². The SMILES string of the molecule is CCCCCCCCCCCCCCCCCC.CCCCCCCCCCCCCCCCCCCCCC. The molecule has 0 rings (SSSR count). The Hall–Kier alpha value is 0. The molecule has 0 aliphatic rings. The van der Waals surface area contributed by atoms with Gasteiger partial charge in [0, 0.05) is 0 Å². The van der Waals surface area contributed by atoms with E-state index in [-0.39, 0.29) is 0 Å². The maximum atomic E-state index is 2.30. The van der Waals surface area contributed by atoms with Crippen LogP contribution in [-0.4, -0.2) is 0 Å². The lowest BCUT2D eigenvalue weighted by atomic mass is 10.0. The zero-order valence-electron chi connectivity index (χ0n) is 29.5. The maximum absolute atomic E-state index is 2.30. The van der Waals surface area contributed by atoms with Gasteiger partial charge in [-0.15, -0.1) is 0 Å². The smallest absolute Gasteiger partial charge is 0.0533 e. The van der Waals surface area contributed by atoms with E-state index in [2.05, 4.69) is 27.7 Å². The largest absolute Gasteiger partial charge is 0.0654 e. The third kappa shape index (κ3) is 45.0. The van der Waals surface area contributed by atoms with Crippen molar-refractivity contribution in [2.75, 3.05) is 0 Å². The number of unbranched alkanes of at least 4 members (excludes halogenated alkanes) is 34. The van der Waals surface area contributed by atoms with Gasteiger partial charge in [0.25, 0.3) is 0 Å². The van der Waals surface area contributed by atoms with Gasteiger partial charge in [0.05, 0.1) is 0 Å². The van der Waals surface area contributed by atoms with Gasteiger partial charge in [-0.2, -0.15) is 0 Å². The fraction of sp³-hybridized carbons (Fsp3) is 1.00. The van der Waals surface area contributed by atoms with Gasteiger partial charge in [-0.3, -0.25) is 0 Å². The van der Waals surface area contributed by atoms with Gasteiger partial charge in [-0.25, -0.2) is 0 Å². The molecule has 0 fully saturated rings. The summed E-state index contributed by atoms with van der Waals surface area (Å²) >= 11 is 0. The fourth-order valence-corrected chi connectivity index (χ4v) is 5.95. The molecule has 0 spiro atoms. The van der Waals surface area contributed by atoms with E-state index < -0.39 is 0 Å². The molecule has 0 N–H and O–H groups in total. The molecule has 0 radical (unpaired) electrons. The number of hydrogen-bond acceptors (Lipinski definition) is 0. The van der Waals surface area contributed by atoms with Gasteiger partial charge in [0.1, 0.15) is 0 Å². The van der Waals surface area contributed by atoms with Crippen LogP contribution in [0.1, 0.15) is 259 Å². The lowest BCUT2D eigenvalue weighted by molar-refractivity contribution is 0.523. The fourth-order valence-electron chi connectivity index (χ4n) is 5.95. The van der Waals surface area contributed by atoms with Crippen molar-refractivity contribution in [3.05, 3.63) is 0 Å². The normalized spacial score (nSPS) is 11.1. The zero-order chi connectivity index (χ0) is 29.5. The van der Waals surface area contributed by atoms with Crippen molar-refractivity contribution in [2.24, 2.45) is 0 Å². The quantitative estimate of drug-likeness (QED) is 0.0682. The van der Waals surface area contributed by atoms with E-state index in [1.54, 1.807) is 0 Å². The van der Waals surface area contributed by atoms with Crippen molar-refractivity contribution in [3.63, 3.8) is 0 Å². The Labute approximate surface area is 258 Å². The molecule has 0 saturated heterocycles. The molecule has 0 nitrogen and oxygen atoms in total. The lowest BCUT2D eigenvalue weighted by Crippen LogP contribution is -1.84. The van der Waals surface area contributed by atoms with Crippen LogP contribution >= 0.6 is 0 Å². The molecule has 0 bridgehead atoms. The number of rotatable bonds is 34. The molecule has 0 amide bonds. The molecule has 0 unspecified atom stereocenters. The summed E-state index contributed by atoms with van der Waals surface area (Å²) in [6, 6.07) is 0. The standard InChI is InChI=1S/C22H46.C18H38/c1-3-5-7-9-11-13-15-17-19-21-22-20-18-16-14-12-10-8-6-4-2;1-3-5-7-9-11-13-15-17-18-16-14-12-10-8-6-4-2/h3-22H2,1-2H3;3-18H2,1-2H3. The van der Waals surface area contributed by atoms with Crippen molar-refractivity contribution in [1.82, 2.24) is 0 Å². The van der Waals surface area contributed by atoms with Crippen molar-refractivity contribution >= 4 is 0 Å². The molecule has 0 heterocycles. The average Bonchev–Trinajstić information content (AvgIpc) is 2.97. The monoisotopic (exact) mass is 565 g/mol. The first-order valence-corrected chi connectivity index (χ1v) is 19.8. The van der Waals surface area contributed by atoms with Crippen LogP contribution in [0.5, 0.6) is 0 Å². The summed E-state index contributed by atoms with van der Waals surface area (Å²) in [7, 11) is 0. The zero-order valence-corrected chi connectivity index (χ0v) is 29.5. The molecule has 0 aromatic heterocycles. The molecule has 40 heavy (non-hydrogen) atoms. The third-order valence-corrected chi connectivity index (χ3v) is 8.91. The molecule has 0 aromatic carbocycles. The number of hydrogen-bond donors (Lipinski definition) is 0. The van der Waals surface area contributed by atoms with E-state index in [1.807, 2.05) is 0 Å². The van der Waals surface area contributed by atoms with Crippen LogP contribution in [0.4, 0.5) is 0 Å². The van der Waals surface area contributed by atoms with Gasteiger partial charge >= 0.3 is 0 Å². The topological polar surface area (TPSA) is 0 Å². The van der Waals surface area contributed by atoms with Gasteiger partial charge in [0.15, 0.2) is 0 Å². The summed E-state index contributed by atoms with van der Waals surface area (Å²) in [6.45, 7) is 9.19. The van der Waals surface area contributed by atoms with Crippen LogP contribution in [0, 0.1) is 0 Å². The van der Waals surface area contributed by atoms with E-state index in [9.17, 15) is 0 Å². The molecular weight excluding hydrogens is 480 g/mol. The van der Waals surface area contributed by atoms with Gasteiger partial charge in [-0.05, 0) is 0 Å². The maximum Gasteiger partial charge on any atom is -0.0533 e. The van der Waals surface area contributed by atoms with E-state index in [0.29, 0.717) is 0 Å². The van der Waals surface area contributed by atoms with Gasteiger partial charge in [0.2, 0.25) is 0 Å². The van der Waals surface area contributed by atoms with Crippen LogP contribution in [0.25, 0.3) is 0 Å². The molecule has 0 heteroatoms. The lowest BCUT2D eigenvalue weighted by Gasteiger charge is -2.03. The van der Waals surface area contributed by atoms with Crippen LogP contribution in [0.3, 0.4) is 0 Å². The first-order valence-electron chi connectivity index (χ1n) is 19.8. The second kappa shape index (κ2) is 43.5. The summed E-state index contributed by atoms with van der Waals surface area (Å²) in [5.74, 6) is 0. The highest BCUT2D eigenvalue weighted by atomic mass is 14.0.